The molecule has 0 fully saturated rings. The molecule has 0 saturated heterocycles. The molecule has 0 bridgehead atoms. The maximum atomic E-state index is 8.56. The Kier molecular flexibility index (Phi) is 23.1. The summed E-state index contributed by atoms with van der Waals surface area (Å²) in [7, 11) is 0. The van der Waals surface area contributed by atoms with Crippen molar-refractivity contribution in [1.29, 1.82) is 0 Å². The van der Waals surface area contributed by atoms with E-state index in [2.05, 4.69) is 13.8 Å². The monoisotopic (exact) mass is 304 g/mol. The third kappa shape index (κ3) is 32.6. The zero-order valence-electron chi connectivity index (χ0n) is 14.1. The fraction of sp³-hybridized carbons (Fsp3) is 0.941. The number of hydrogen-bond donors (Lipinski definition) is 2. The standard InChI is InChI=1S/C16H34O.CH2O3/c1-3-5-7-9-11-13-15-17-16-14-12-10-8-6-4-2;2-1(3)4/h3-16H2,1-2H3;(H2,2,3,4). The van der Waals surface area contributed by atoms with Gasteiger partial charge >= 0.3 is 6.16 Å². The first-order valence-electron chi connectivity index (χ1n) is 8.64. The van der Waals surface area contributed by atoms with Crippen molar-refractivity contribution in [3.05, 3.63) is 0 Å². The second kappa shape index (κ2) is 21.5. The van der Waals surface area contributed by atoms with Crippen LogP contribution in [0.15, 0.2) is 0 Å². The van der Waals surface area contributed by atoms with Crippen LogP contribution >= 0.6 is 0 Å². The smallest absolute Gasteiger partial charge is 0.450 e. The van der Waals surface area contributed by atoms with Crippen molar-refractivity contribution in [2.24, 2.45) is 0 Å². The molecule has 4 nitrogen and oxygen atoms in total. The molecule has 0 spiro atoms. The average molecular weight is 304 g/mol. The minimum absolute atomic E-state index is 0.987. The molecule has 2 N–H and O–H groups in total. The molecule has 0 heterocycles. The fourth-order valence-electron chi connectivity index (χ4n) is 2.07. The van der Waals surface area contributed by atoms with Crippen LogP contribution in [0.5, 0.6) is 0 Å². The van der Waals surface area contributed by atoms with Gasteiger partial charge in [0.15, 0.2) is 0 Å². The highest BCUT2D eigenvalue weighted by Gasteiger charge is 1.92. The molecular formula is C17H36O4. The van der Waals surface area contributed by atoms with Crippen molar-refractivity contribution >= 4 is 6.16 Å². The number of hydrogen-bond acceptors (Lipinski definition) is 2. The van der Waals surface area contributed by atoms with E-state index in [0.717, 1.165) is 13.2 Å². The van der Waals surface area contributed by atoms with Crippen molar-refractivity contribution in [1.82, 2.24) is 0 Å². The lowest BCUT2D eigenvalue weighted by atomic mass is 10.1. The van der Waals surface area contributed by atoms with Gasteiger partial charge in [0, 0.05) is 13.2 Å². The molecule has 0 aromatic heterocycles. The first-order valence-corrected chi connectivity index (χ1v) is 8.64. The first kappa shape index (κ1) is 22.5. The Labute approximate surface area is 130 Å². The van der Waals surface area contributed by atoms with Gasteiger partial charge in [0.25, 0.3) is 0 Å². The Hall–Kier alpha value is -0.770. The summed E-state index contributed by atoms with van der Waals surface area (Å²) in [5, 5.41) is 13.9. The van der Waals surface area contributed by atoms with Crippen molar-refractivity contribution in [3.63, 3.8) is 0 Å². The highest BCUT2D eigenvalue weighted by Crippen LogP contribution is 2.06. The summed E-state index contributed by atoms with van der Waals surface area (Å²) in [6, 6.07) is 0. The molecule has 0 aromatic carbocycles. The van der Waals surface area contributed by atoms with Crippen molar-refractivity contribution in [2.45, 2.75) is 90.9 Å². The summed E-state index contributed by atoms with van der Waals surface area (Å²) in [6.07, 6.45) is 14.5. The molecule has 0 rings (SSSR count). The SMILES string of the molecule is CCCCCCCCOCCCCCCCC.O=C(O)O. The van der Waals surface area contributed by atoms with E-state index < -0.39 is 6.16 Å². The van der Waals surface area contributed by atoms with Crippen LogP contribution in [0, 0.1) is 0 Å². The Morgan fingerprint density at radius 2 is 0.952 bits per heavy atom. The summed E-state index contributed by atoms with van der Waals surface area (Å²) in [5.41, 5.74) is 0. The van der Waals surface area contributed by atoms with E-state index in [1.54, 1.807) is 0 Å². The van der Waals surface area contributed by atoms with Gasteiger partial charge in [-0.2, -0.15) is 0 Å². The number of rotatable bonds is 14. The third-order valence-corrected chi connectivity index (χ3v) is 3.28. The minimum atomic E-state index is -1.83. The summed E-state index contributed by atoms with van der Waals surface area (Å²) in [6.45, 7) is 6.51. The quantitative estimate of drug-likeness (QED) is 0.389. The van der Waals surface area contributed by atoms with Crippen LogP contribution < -0.4 is 0 Å². The Morgan fingerprint density at radius 3 is 1.29 bits per heavy atom. The van der Waals surface area contributed by atoms with Crippen LogP contribution in [0.1, 0.15) is 90.9 Å². The van der Waals surface area contributed by atoms with Crippen LogP contribution in [0.3, 0.4) is 0 Å². The van der Waals surface area contributed by atoms with Crippen molar-refractivity contribution in [2.75, 3.05) is 13.2 Å². The lowest BCUT2D eigenvalue weighted by Gasteiger charge is -2.04. The average Bonchev–Trinajstić information content (AvgIpc) is 2.43. The van der Waals surface area contributed by atoms with Gasteiger partial charge in [-0.3, -0.25) is 0 Å². The zero-order valence-corrected chi connectivity index (χ0v) is 14.1. The Balaban J connectivity index is 0. The lowest BCUT2D eigenvalue weighted by Crippen LogP contribution is -1.97. The number of carboxylic acid groups (broad SMARTS) is 2. The van der Waals surface area contributed by atoms with Gasteiger partial charge in [0.2, 0.25) is 0 Å². The highest BCUT2D eigenvalue weighted by molar-refractivity contribution is 5.53. The van der Waals surface area contributed by atoms with Crippen LogP contribution in [0.4, 0.5) is 4.79 Å². The molecule has 0 atom stereocenters. The topological polar surface area (TPSA) is 66.8 Å². The van der Waals surface area contributed by atoms with Crippen molar-refractivity contribution < 1.29 is 19.7 Å². The molecule has 0 aromatic rings. The van der Waals surface area contributed by atoms with Crippen molar-refractivity contribution in [3.8, 4) is 0 Å². The first-order chi connectivity index (χ1) is 10.1. The molecule has 0 unspecified atom stereocenters. The van der Waals surface area contributed by atoms with Crippen LogP contribution in [0.2, 0.25) is 0 Å². The predicted molar refractivity (Wildman–Crippen MR) is 88.2 cm³/mol. The highest BCUT2D eigenvalue weighted by atomic mass is 16.6. The maximum Gasteiger partial charge on any atom is 0.503 e. The molecule has 0 aliphatic heterocycles. The van der Waals surface area contributed by atoms with E-state index in [0.29, 0.717) is 0 Å². The van der Waals surface area contributed by atoms with Gasteiger partial charge in [-0.15, -0.1) is 0 Å². The van der Waals surface area contributed by atoms with Gasteiger partial charge in [0.05, 0.1) is 0 Å². The van der Waals surface area contributed by atoms with Crippen LogP contribution in [-0.4, -0.2) is 29.6 Å². The van der Waals surface area contributed by atoms with Gasteiger partial charge in [-0.25, -0.2) is 4.79 Å². The van der Waals surface area contributed by atoms with Gasteiger partial charge in [-0.05, 0) is 12.8 Å². The van der Waals surface area contributed by atoms with E-state index in [-0.39, 0.29) is 0 Å². The molecular weight excluding hydrogens is 268 g/mol. The van der Waals surface area contributed by atoms with Crippen LogP contribution in [-0.2, 0) is 4.74 Å². The summed E-state index contributed by atoms with van der Waals surface area (Å²) in [5.74, 6) is 0. The summed E-state index contributed by atoms with van der Waals surface area (Å²) in [4.78, 5) is 8.56. The van der Waals surface area contributed by atoms with E-state index in [1.165, 1.54) is 77.0 Å². The molecule has 4 heteroatoms. The van der Waals surface area contributed by atoms with E-state index in [1.807, 2.05) is 0 Å². The van der Waals surface area contributed by atoms with Gasteiger partial charge < -0.3 is 14.9 Å². The molecule has 128 valence electrons. The second-order valence-electron chi connectivity index (χ2n) is 5.43. The van der Waals surface area contributed by atoms with E-state index in [4.69, 9.17) is 19.7 Å². The molecule has 0 saturated carbocycles. The fourth-order valence-corrected chi connectivity index (χ4v) is 2.07. The van der Waals surface area contributed by atoms with Crippen LogP contribution in [0.25, 0.3) is 0 Å². The number of unbranched alkanes of at least 4 members (excludes halogenated alkanes) is 10. The van der Waals surface area contributed by atoms with Gasteiger partial charge in [-0.1, -0.05) is 78.1 Å². The second-order valence-corrected chi connectivity index (χ2v) is 5.43. The molecule has 21 heavy (non-hydrogen) atoms. The maximum absolute atomic E-state index is 8.56. The third-order valence-electron chi connectivity index (χ3n) is 3.28. The zero-order chi connectivity index (χ0) is 16.2. The minimum Gasteiger partial charge on any atom is -0.450 e. The Morgan fingerprint density at radius 1 is 0.667 bits per heavy atom. The molecule has 0 aliphatic carbocycles. The van der Waals surface area contributed by atoms with E-state index in [9.17, 15) is 0 Å². The number of carbonyl (C=O) groups is 1. The summed E-state index contributed by atoms with van der Waals surface area (Å²) >= 11 is 0. The molecule has 0 aliphatic rings. The normalized spacial score (nSPS) is 10.0. The molecule has 0 radical (unpaired) electrons. The van der Waals surface area contributed by atoms with Gasteiger partial charge in [0.1, 0.15) is 0 Å². The lowest BCUT2D eigenvalue weighted by molar-refractivity contribution is 0.125. The summed E-state index contributed by atoms with van der Waals surface area (Å²) < 4.78 is 5.65. The number of ether oxygens (including phenoxy) is 1. The largest absolute Gasteiger partial charge is 0.503 e. The predicted octanol–water partition coefficient (Wildman–Crippen LogP) is 5.95. The Bertz CT molecular complexity index is 177. The van der Waals surface area contributed by atoms with E-state index >= 15 is 0 Å². The molecule has 0 amide bonds.